The van der Waals surface area contributed by atoms with E-state index in [1.165, 1.54) is 0 Å². The molecule has 0 amide bonds. The summed E-state index contributed by atoms with van der Waals surface area (Å²) in [7, 11) is 2.63. The van der Waals surface area contributed by atoms with E-state index in [0.29, 0.717) is 0 Å². The SMILES string of the molecule is Cl.Cl.PCc1ccccn1. The predicted octanol–water partition coefficient (Wildman–Crippen LogP) is 2.30. The van der Waals surface area contributed by atoms with Crippen molar-refractivity contribution in [2.24, 2.45) is 0 Å². The van der Waals surface area contributed by atoms with E-state index in [1.807, 2.05) is 18.2 Å². The lowest BCUT2D eigenvalue weighted by atomic mass is 10.4. The fourth-order valence-corrected chi connectivity index (χ4v) is 0.760. The summed E-state index contributed by atoms with van der Waals surface area (Å²) >= 11 is 0. The second-order valence-corrected chi connectivity index (χ2v) is 1.93. The number of halogens is 2. The molecule has 0 spiro atoms. The van der Waals surface area contributed by atoms with E-state index in [2.05, 4.69) is 14.2 Å². The molecule has 0 radical (unpaired) electrons. The average molecular weight is 198 g/mol. The summed E-state index contributed by atoms with van der Waals surface area (Å²) < 4.78 is 0. The standard InChI is InChI=1S/C6H8NP.2ClH/c8-5-6-3-1-2-4-7-6;;/h1-4H,5,8H2;2*1H. The zero-order valence-electron chi connectivity index (χ0n) is 5.36. The highest BCUT2D eigenvalue weighted by molar-refractivity contribution is 7.15. The Morgan fingerprint density at radius 1 is 1.30 bits per heavy atom. The van der Waals surface area contributed by atoms with Gasteiger partial charge >= 0.3 is 0 Å². The molecule has 1 rings (SSSR count). The number of aromatic nitrogens is 1. The van der Waals surface area contributed by atoms with Gasteiger partial charge in [0, 0.05) is 18.1 Å². The molecule has 0 aliphatic heterocycles. The van der Waals surface area contributed by atoms with E-state index >= 15 is 0 Å². The largest absolute Gasteiger partial charge is 0.261 e. The fourth-order valence-electron chi connectivity index (χ4n) is 0.519. The van der Waals surface area contributed by atoms with Crippen LogP contribution in [0.4, 0.5) is 0 Å². The average Bonchev–Trinajstić information content (AvgIpc) is 1.90. The van der Waals surface area contributed by atoms with Crippen LogP contribution in [0, 0.1) is 0 Å². The molecule has 0 fully saturated rings. The van der Waals surface area contributed by atoms with Crippen LogP contribution in [0.2, 0.25) is 0 Å². The van der Waals surface area contributed by atoms with Gasteiger partial charge in [0.2, 0.25) is 0 Å². The van der Waals surface area contributed by atoms with Crippen molar-refractivity contribution in [3.8, 4) is 0 Å². The van der Waals surface area contributed by atoms with E-state index in [9.17, 15) is 0 Å². The van der Waals surface area contributed by atoms with E-state index in [4.69, 9.17) is 0 Å². The van der Waals surface area contributed by atoms with Crippen LogP contribution in [-0.4, -0.2) is 4.98 Å². The van der Waals surface area contributed by atoms with E-state index in [1.54, 1.807) is 6.20 Å². The number of pyridine rings is 1. The van der Waals surface area contributed by atoms with Crippen LogP contribution in [0.5, 0.6) is 0 Å². The van der Waals surface area contributed by atoms with Crippen molar-refractivity contribution in [2.45, 2.75) is 6.16 Å². The molecule has 10 heavy (non-hydrogen) atoms. The third kappa shape index (κ3) is 4.05. The number of nitrogens with zero attached hydrogens (tertiary/aromatic N) is 1. The van der Waals surface area contributed by atoms with Gasteiger partial charge in [-0.2, -0.15) is 0 Å². The zero-order valence-corrected chi connectivity index (χ0v) is 8.15. The minimum Gasteiger partial charge on any atom is -0.261 e. The van der Waals surface area contributed by atoms with Crippen molar-refractivity contribution in [2.75, 3.05) is 0 Å². The lowest BCUT2D eigenvalue weighted by molar-refractivity contribution is 1.18. The molecule has 1 unspecified atom stereocenters. The first-order chi connectivity index (χ1) is 3.93. The highest BCUT2D eigenvalue weighted by Gasteiger charge is 1.81. The summed E-state index contributed by atoms with van der Waals surface area (Å²) in [6.45, 7) is 0. The Morgan fingerprint density at radius 3 is 2.30 bits per heavy atom. The normalized spacial score (nSPS) is 7.30. The van der Waals surface area contributed by atoms with E-state index in [-0.39, 0.29) is 24.8 Å². The minimum atomic E-state index is 0. The molecule has 0 aromatic carbocycles. The third-order valence-electron chi connectivity index (χ3n) is 0.935. The van der Waals surface area contributed by atoms with Gasteiger partial charge in [0.1, 0.15) is 0 Å². The Bertz CT molecular complexity index is 157. The summed E-state index contributed by atoms with van der Waals surface area (Å²) in [4.78, 5) is 4.08. The highest BCUT2D eigenvalue weighted by Crippen LogP contribution is 1.98. The van der Waals surface area contributed by atoms with Crippen molar-refractivity contribution in [3.63, 3.8) is 0 Å². The number of hydrogen-bond acceptors (Lipinski definition) is 1. The third-order valence-corrected chi connectivity index (χ3v) is 1.35. The van der Waals surface area contributed by atoms with Gasteiger partial charge < -0.3 is 0 Å². The molecule has 58 valence electrons. The predicted molar refractivity (Wildman–Crippen MR) is 52.1 cm³/mol. The Kier molecular flexibility index (Phi) is 9.31. The van der Waals surface area contributed by atoms with E-state index < -0.39 is 0 Å². The van der Waals surface area contributed by atoms with Gasteiger partial charge in [0.25, 0.3) is 0 Å². The molecule has 0 saturated carbocycles. The second-order valence-electron chi connectivity index (χ2n) is 1.53. The van der Waals surface area contributed by atoms with E-state index in [0.717, 1.165) is 11.9 Å². The summed E-state index contributed by atoms with van der Waals surface area (Å²) in [5.74, 6) is 0. The Labute approximate surface area is 75.7 Å². The zero-order chi connectivity index (χ0) is 5.82. The van der Waals surface area contributed by atoms with Crippen LogP contribution in [0.15, 0.2) is 24.4 Å². The van der Waals surface area contributed by atoms with Crippen LogP contribution in [0.3, 0.4) is 0 Å². The Morgan fingerprint density at radius 2 is 2.00 bits per heavy atom. The van der Waals surface area contributed by atoms with Crippen molar-refractivity contribution in [3.05, 3.63) is 30.1 Å². The van der Waals surface area contributed by atoms with Crippen LogP contribution in [0.1, 0.15) is 5.69 Å². The second kappa shape index (κ2) is 7.27. The molecule has 0 aliphatic rings. The fraction of sp³-hybridized carbons (Fsp3) is 0.167. The first kappa shape index (κ1) is 12.8. The quantitative estimate of drug-likeness (QED) is 0.631. The van der Waals surface area contributed by atoms with Crippen LogP contribution in [0.25, 0.3) is 0 Å². The smallest absolute Gasteiger partial charge is 0.0441 e. The lowest BCUT2D eigenvalue weighted by Crippen LogP contribution is -1.78. The van der Waals surface area contributed by atoms with Gasteiger partial charge in [-0.1, -0.05) is 6.07 Å². The molecule has 4 heteroatoms. The molecule has 1 atom stereocenters. The van der Waals surface area contributed by atoms with Crippen LogP contribution >= 0.6 is 34.1 Å². The van der Waals surface area contributed by atoms with Gasteiger partial charge in [-0.05, 0) is 12.1 Å². The lowest BCUT2D eigenvalue weighted by Gasteiger charge is -1.88. The maximum Gasteiger partial charge on any atom is 0.0441 e. The molecule has 1 nitrogen and oxygen atoms in total. The van der Waals surface area contributed by atoms with Crippen molar-refractivity contribution in [1.82, 2.24) is 4.98 Å². The van der Waals surface area contributed by atoms with Crippen molar-refractivity contribution >= 4 is 34.1 Å². The molecule has 1 aromatic heterocycles. The molecule has 1 heterocycles. The number of rotatable bonds is 1. The molecular formula is C6H10Cl2NP. The molecule has 0 saturated heterocycles. The summed E-state index contributed by atoms with van der Waals surface area (Å²) in [6.07, 6.45) is 2.75. The maximum absolute atomic E-state index is 4.08. The van der Waals surface area contributed by atoms with Gasteiger partial charge in [-0.3, -0.25) is 4.98 Å². The molecule has 0 N–H and O–H groups in total. The molecule has 0 bridgehead atoms. The van der Waals surface area contributed by atoms with Crippen LogP contribution < -0.4 is 0 Å². The van der Waals surface area contributed by atoms with Gasteiger partial charge in [-0.25, -0.2) is 0 Å². The highest BCUT2D eigenvalue weighted by atomic mass is 35.5. The van der Waals surface area contributed by atoms with Crippen LogP contribution in [-0.2, 0) is 6.16 Å². The number of hydrogen-bond donors (Lipinski definition) is 0. The topological polar surface area (TPSA) is 12.9 Å². The monoisotopic (exact) mass is 197 g/mol. The van der Waals surface area contributed by atoms with Gasteiger partial charge in [0.15, 0.2) is 0 Å². The Hall–Kier alpha value is 0.160. The van der Waals surface area contributed by atoms with Gasteiger partial charge in [0.05, 0.1) is 0 Å². The minimum absolute atomic E-state index is 0. The molecule has 0 aliphatic carbocycles. The first-order valence-electron chi connectivity index (χ1n) is 2.53. The molecular weight excluding hydrogens is 188 g/mol. The van der Waals surface area contributed by atoms with Gasteiger partial charge in [-0.15, -0.1) is 34.1 Å². The van der Waals surface area contributed by atoms with Crippen molar-refractivity contribution in [1.29, 1.82) is 0 Å². The summed E-state index contributed by atoms with van der Waals surface area (Å²) in [5, 5.41) is 0. The van der Waals surface area contributed by atoms with Crippen molar-refractivity contribution < 1.29 is 0 Å². The Balaban J connectivity index is 0. The molecule has 1 aromatic rings. The summed E-state index contributed by atoms with van der Waals surface area (Å²) in [5.41, 5.74) is 1.12. The maximum atomic E-state index is 4.08. The summed E-state index contributed by atoms with van der Waals surface area (Å²) in [6, 6.07) is 5.92. The first-order valence-corrected chi connectivity index (χ1v) is 3.35.